The van der Waals surface area contributed by atoms with Crippen molar-refractivity contribution in [2.24, 2.45) is 34.3 Å². The van der Waals surface area contributed by atoms with Crippen LogP contribution in [-0.4, -0.2) is 63.8 Å². The van der Waals surface area contributed by atoms with Crippen LogP contribution in [0.1, 0.15) is 84.5 Å². The number of amides is 2. The third-order valence-corrected chi connectivity index (χ3v) is 10.5. The minimum atomic E-state index is -1.62. The second-order valence-electron chi connectivity index (χ2n) is 12.5. The average Bonchev–Trinajstić information content (AvgIpc) is 3.17. The van der Waals surface area contributed by atoms with Gasteiger partial charge in [0.2, 0.25) is 17.6 Å². The third kappa shape index (κ3) is 5.32. The number of ether oxygens (including phenoxy) is 1. The maximum absolute atomic E-state index is 13.3. The van der Waals surface area contributed by atoms with Crippen molar-refractivity contribution >= 4 is 35.3 Å². The fourth-order valence-corrected chi connectivity index (χ4v) is 8.25. The normalized spacial score (nSPS) is 35.3. The Hall–Kier alpha value is -3.08. The van der Waals surface area contributed by atoms with Gasteiger partial charge in [-0.05, 0) is 74.2 Å². The lowest BCUT2D eigenvalue weighted by Gasteiger charge is -2.58. The largest absolute Gasteiger partial charge is 0.480 e. The van der Waals surface area contributed by atoms with Gasteiger partial charge in [-0.3, -0.25) is 24.0 Å². The summed E-state index contributed by atoms with van der Waals surface area (Å²) >= 11 is 0. The van der Waals surface area contributed by atoms with E-state index in [2.05, 4.69) is 12.2 Å². The number of carboxylic acids is 1. The predicted octanol–water partition coefficient (Wildman–Crippen LogP) is 1.59. The van der Waals surface area contributed by atoms with E-state index < -0.39 is 72.5 Å². The number of ketones is 2. The summed E-state index contributed by atoms with van der Waals surface area (Å²) in [5.41, 5.74) is 3.95. The Balaban J connectivity index is 1.33. The van der Waals surface area contributed by atoms with Gasteiger partial charge in [0.05, 0.1) is 12.8 Å². The second kappa shape index (κ2) is 11.1. The molecular weight excluding hydrogens is 520 g/mol. The zero-order valence-electron chi connectivity index (χ0n) is 23.2. The van der Waals surface area contributed by atoms with Gasteiger partial charge in [0, 0.05) is 18.3 Å². The van der Waals surface area contributed by atoms with Gasteiger partial charge in [0.15, 0.2) is 12.4 Å². The molecule has 0 heterocycles. The molecule has 0 bridgehead atoms. The number of nitrogens with one attached hydrogen (secondary N) is 1. The Labute approximate surface area is 233 Å². The molecule has 0 aromatic heterocycles. The number of primary amides is 1. The van der Waals surface area contributed by atoms with Crippen LogP contribution in [0.5, 0.6) is 0 Å². The highest BCUT2D eigenvalue weighted by molar-refractivity contribution is 5.92. The molecule has 0 radical (unpaired) electrons. The number of carbonyl (C=O) groups excluding carboxylic acids is 5. The van der Waals surface area contributed by atoms with Gasteiger partial charge in [-0.25, -0.2) is 4.79 Å². The number of hydrogen-bond donors (Lipinski definition) is 4. The zero-order valence-corrected chi connectivity index (χ0v) is 23.2. The van der Waals surface area contributed by atoms with Gasteiger partial charge in [0.1, 0.15) is 11.6 Å². The lowest BCUT2D eigenvalue weighted by molar-refractivity contribution is -0.170. The van der Waals surface area contributed by atoms with Gasteiger partial charge in [-0.2, -0.15) is 0 Å². The Morgan fingerprint density at radius 2 is 1.75 bits per heavy atom. The maximum Gasteiger partial charge on any atom is 0.326 e. The minimum Gasteiger partial charge on any atom is -0.480 e. The minimum absolute atomic E-state index is 0.0188. The number of fused-ring (bicyclic) bond motifs is 5. The summed E-state index contributed by atoms with van der Waals surface area (Å²) in [5.74, 6) is -3.38. The van der Waals surface area contributed by atoms with E-state index in [4.69, 9.17) is 15.6 Å². The molecule has 4 aliphatic carbocycles. The van der Waals surface area contributed by atoms with Crippen LogP contribution in [0.4, 0.5) is 0 Å². The quantitative estimate of drug-likeness (QED) is 0.287. The Bertz CT molecular complexity index is 1150. The number of carbonyl (C=O) groups is 6. The summed E-state index contributed by atoms with van der Waals surface area (Å²) in [6.45, 7) is 3.64. The number of hydrogen-bond acceptors (Lipinski definition) is 8. The number of esters is 1. The van der Waals surface area contributed by atoms with E-state index in [-0.39, 0.29) is 17.1 Å². The van der Waals surface area contributed by atoms with Gasteiger partial charge in [-0.15, -0.1) is 0 Å². The molecule has 40 heavy (non-hydrogen) atoms. The molecule has 3 fully saturated rings. The Morgan fingerprint density at radius 1 is 1.05 bits per heavy atom. The summed E-state index contributed by atoms with van der Waals surface area (Å²) < 4.78 is 5.12. The highest BCUT2D eigenvalue weighted by Crippen LogP contribution is 2.67. The molecule has 0 aromatic rings. The molecule has 4 aliphatic rings. The van der Waals surface area contributed by atoms with Crippen LogP contribution in [0.2, 0.25) is 0 Å². The number of Topliss-reactive ketones (excluding diaryl/α,β-unsaturated/α-hetero) is 1. The summed E-state index contributed by atoms with van der Waals surface area (Å²) in [6.07, 6.45) is 6.21. The molecule has 220 valence electrons. The van der Waals surface area contributed by atoms with Crippen LogP contribution in [-0.2, 0) is 33.5 Å². The first kappa shape index (κ1) is 29.9. The van der Waals surface area contributed by atoms with Crippen molar-refractivity contribution in [2.75, 3.05) is 6.61 Å². The number of carboxylic acid groups (broad SMARTS) is 1. The Morgan fingerprint density at radius 3 is 2.42 bits per heavy atom. The van der Waals surface area contributed by atoms with Crippen molar-refractivity contribution in [1.29, 1.82) is 0 Å². The lowest BCUT2D eigenvalue weighted by atomic mass is 9.46. The van der Waals surface area contributed by atoms with Crippen molar-refractivity contribution in [3.05, 3.63) is 11.6 Å². The van der Waals surface area contributed by atoms with Crippen LogP contribution in [0.15, 0.2) is 11.6 Å². The number of nitrogens with two attached hydrogens (primary N) is 1. The van der Waals surface area contributed by atoms with E-state index in [1.54, 1.807) is 0 Å². The van der Waals surface area contributed by atoms with Crippen molar-refractivity contribution in [2.45, 2.75) is 96.1 Å². The van der Waals surface area contributed by atoms with Crippen molar-refractivity contribution in [3.8, 4) is 0 Å². The molecule has 7 atom stereocenters. The highest BCUT2D eigenvalue weighted by Gasteiger charge is 2.66. The molecule has 0 aliphatic heterocycles. The summed E-state index contributed by atoms with van der Waals surface area (Å²) in [6, 6.07) is -1.50. The topological polar surface area (TPSA) is 190 Å². The third-order valence-electron chi connectivity index (χ3n) is 10.5. The predicted molar refractivity (Wildman–Crippen MR) is 140 cm³/mol. The fourth-order valence-electron chi connectivity index (χ4n) is 8.25. The maximum atomic E-state index is 13.3. The number of aliphatic hydroxyl groups is 1. The molecule has 0 saturated heterocycles. The molecule has 0 aromatic carbocycles. The SMILES string of the molecule is C[C@]12CCC(=O)C=C1CC[C@H]1[C@H]2CC[C@@]2(C)[C@@H]1CC[C@]2(O)C(=O)COC(=O)CCC(=O)N[C@H](CC(N)=O)C(=O)O. The van der Waals surface area contributed by atoms with Crippen LogP contribution in [0.3, 0.4) is 0 Å². The summed E-state index contributed by atoms with van der Waals surface area (Å²) in [7, 11) is 0. The van der Waals surface area contributed by atoms with Gasteiger partial charge >= 0.3 is 11.9 Å². The monoisotopic (exact) mass is 560 g/mol. The number of rotatable bonds is 10. The Kier molecular flexibility index (Phi) is 8.27. The molecule has 2 amide bonds. The first-order valence-corrected chi connectivity index (χ1v) is 14.2. The van der Waals surface area contributed by atoms with Crippen LogP contribution >= 0.6 is 0 Å². The molecule has 4 rings (SSSR count). The first-order valence-electron chi connectivity index (χ1n) is 14.2. The molecule has 11 heteroatoms. The summed E-state index contributed by atoms with van der Waals surface area (Å²) in [4.78, 5) is 71.8. The van der Waals surface area contributed by atoms with Gasteiger partial charge in [-0.1, -0.05) is 19.4 Å². The standard InChI is InChI=1S/C29H40N2O9/c1-27-10-7-17(32)13-16(27)3-4-18-19(27)8-11-28(2)20(18)9-12-29(28,39)22(33)15-40-25(36)6-5-24(35)31-21(26(37)38)14-23(30)34/h13,18-21,39H,3-12,14-15H2,1-2H3,(H2,30,34)(H,31,35)(H,37,38)/t18-,19+,20+,21+,27-,28-,29-/m0/s1. The van der Waals surface area contributed by atoms with E-state index in [1.807, 2.05) is 13.0 Å². The van der Waals surface area contributed by atoms with E-state index >= 15 is 0 Å². The van der Waals surface area contributed by atoms with Gasteiger partial charge in [0.25, 0.3) is 0 Å². The smallest absolute Gasteiger partial charge is 0.326 e. The first-order chi connectivity index (χ1) is 18.7. The second-order valence-corrected chi connectivity index (χ2v) is 12.5. The number of aliphatic carboxylic acids is 1. The van der Waals surface area contributed by atoms with E-state index in [0.717, 1.165) is 25.7 Å². The van der Waals surface area contributed by atoms with Crippen molar-refractivity contribution < 1.29 is 43.7 Å². The molecule has 5 N–H and O–H groups in total. The van der Waals surface area contributed by atoms with Gasteiger partial charge < -0.3 is 26.0 Å². The number of allylic oxidation sites excluding steroid dienone is 1. The molecular formula is C29H40N2O9. The van der Waals surface area contributed by atoms with E-state index in [0.29, 0.717) is 37.5 Å². The van der Waals surface area contributed by atoms with E-state index in [9.17, 15) is 33.9 Å². The molecule has 0 unspecified atom stereocenters. The van der Waals surface area contributed by atoms with Crippen LogP contribution in [0, 0.1) is 28.6 Å². The fraction of sp³-hybridized carbons (Fsp3) is 0.724. The van der Waals surface area contributed by atoms with Crippen molar-refractivity contribution in [3.63, 3.8) is 0 Å². The average molecular weight is 561 g/mol. The molecule has 0 spiro atoms. The highest BCUT2D eigenvalue weighted by atomic mass is 16.5. The summed E-state index contributed by atoms with van der Waals surface area (Å²) in [5, 5.41) is 22.9. The van der Waals surface area contributed by atoms with Crippen molar-refractivity contribution in [1.82, 2.24) is 5.32 Å². The van der Waals surface area contributed by atoms with Crippen LogP contribution < -0.4 is 11.1 Å². The zero-order chi connectivity index (χ0) is 29.5. The van der Waals surface area contributed by atoms with E-state index in [1.165, 1.54) is 5.57 Å². The molecule has 11 nitrogen and oxygen atoms in total. The van der Waals surface area contributed by atoms with Crippen LogP contribution in [0.25, 0.3) is 0 Å². The molecule has 3 saturated carbocycles. The lowest BCUT2D eigenvalue weighted by Crippen LogP contribution is -2.58.